The average Bonchev–Trinajstić information content (AvgIpc) is 3.19. The molecule has 2 unspecified atom stereocenters. The van der Waals surface area contributed by atoms with Crippen LogP contribution in [0.25, 0.3) is 0 Å². The Bertz CT molecular complexity index is 1290. The molecule has 190 valence electrons. The van der Waals surface area contributed by atoms with Gasteiger partial charge in [-0.15, -0.1) is 0 Å². The predicted octanol–water partition coefficient (Wildman–Crippen LogP) is 5.54. The van der Waals surface area contributed by atoms with Crippen LogP contribution in [0.5, 0.6) is 5.75 Å². The van der Waals surface area contributed by atoms with Gasteiger partial charge in [0.2, 0.25) is 0 Å². The molecule has 0 fully saturated rings. The van der Waals surface area contributed by atoms with Crippen molar-refractivity contribution in [1.82, 2.24) is 0 Å². The molecule has 0 spiro atoms. The maximum atomic E-state index is 14.4. The van der Waals surface area contributed by atoms with E-state index >= 15 is 0 Å². The number of methoxy groups -OCH3 is 1. The van der Waals surface area contributed by atoms with Gasteiger partial charge in [0, 0.05) is 35.2 Å². The quantitative estimate of drug-likeness (QED) is 0.379. The molecule has 0 saturated carbocycles. The molecule has 4 rings (SSSR count). The number of esters is 1. The lowest BCUT2D eigenvalue weighted by molar-refractivity contribution is 0.0294. The topological polar surface area (TPSA) is 67.8 Å². The van der Waals surface area contributed by atoms with Crippen molar-refractivity contribution in [2.75, 3.05) is 19.0 Å². The molecule has 0 aromatic heterocycles. The summed E-state index contributed by atoms with van der Waals surface area (Å²) in [6.07, 6.45) is -0.0859. The van der Waals surface area contributed by atoms with Crippen molar-refractivity contribution in [3.05, 3.63) is 94.3 Å². The van der Waals surface area contributed by atoms with Crippen LogP contribution in [0.2, 0.25) is 0 Å². The number of ether oxygens (including phenoxy) is 2. The first-order chi connectivity index (χ1) is 17.0. The van der Waals surface area contributed by atoms with Gasteiger partial charge in [-0.1, -0.05) is 6.92 Å². The second kappa shape index (κ2) is 9.85. The number of rotatable bonds is 9. The molecule has 2 atom stereocenters. The van der Waals surface area contributed by atoms with Gasteiger partial charge in [0.05, 0.1) is 18.3 Å². The molecule has 1 aliphatic heterocycles. The minimum Gasteiger partial charge on any atom is -0.496 e. The van der Waals surface area contributed by atoms with E-state index in [1.807, 2.05) is 13.0 Å². The highest BCUT2D eigenvalue weighted by Gasteiger charge is 2.38. The molecule has 2 N–H and O–H groups in total. The van der Waals surface area contributed by atoms with Crippen molar-refractivity contribution in [3.63, 3.8) is 0 Å². The summed E-state index contributed by atoms with van der Waals surface area (Å²) in [5.41, 5.74) is 0.136. The molecule has 3 aromatic carbocycles. The van der Waals surface area contributed by atoms with Crippen LogP contribution in [-0.2, 0) is 23.2 Å². The van der Waals surface area contributed by atoms with Crippen LogP contribution in [0.15, 0.2) is 54.6 Å². The second-order valence-corrected chi connectivity index (χ2v) is 9.79. The zero-order valence-electron chi connectivity index (χ0n) is 20.3. The number of fused-ring (bicyclic) bond motifs is 1. The van der Waals surface area contributed by atoms with E-state index in [0.29, 0.717) is 22.6 Å². The second-order valence-electron chi connectivity index (χ2n) is 9.79. The summed E-state index contributed by atoms with van der Waals surface area (Å²) >= 11 is 0. The fourth-order valence-corrected chi connectivity index (χ4v) is 4.94. The molecule has 0 amide bonds. The highest BCUT2D eigenvalue weighted by atomic mass is 19.1. The Labute approximate surface area is 207 Å². The fourth-order valence-electron chi connectivity index (χ4n) is 4.94. The number of carbonyl (C=O) groups is 1. The van der Waals surface area contributed by atoms with Crippen molar-refractivity contribution < 1.29 is 32.5 Å². The summed E-state index contributed by atoms with van der Waals surface area (Å²) in [5.74, 6) is -1.62. The molecule has 3 aromatic rings. The summed E-state index contributed by atoms with van der Waals surface area (Å²) in [4.78, 5) is 11.8. The van der Waals surface area contributed by atoms with E-state index < -0.39 is 28.5 Å². The van der Waals surface area contributed by atoms with Gasteiger partial charge >= 0.3 is 5.97 Å². The molecule has 0 radical (unpaired) electrons. The number of nitrogens with one attached hydrogen (secondary N) is 1. The Morgan fingerprint density at radius 2 is 1.75 bits per heavy atom. The molecule has 8 heteroatoms. The first-order valence-corrected chi connectivity index (χ1v) is 11.5. The molecule has 5 nitrogen and oxygen atoms in total. The normalized spacial score (nSPS) is 16.0. The van der Waals surface area contributed by atoms with Gasteiger partial charge in [-0.3, -0.25) is 0 Å². The fraction of sp³-hybridized carbons (Fsp3) is 0.321. The Kier molecular flexibility index (Phi) is 7.00. The highest BCUT2D eigenvalue weighted by Crippen LogP contribution is 2.40. The molecule has 1 aliphatic rings. The highest BCUT2D eigenvalue weighted by molar-refractivity contribution is 5.93. The molecule has 0 bridgehead atoms. The van der Waals surface area contributed by atoms with Crippen molar-refractivity contribution in [3.8, 4) is 5.75 Å². The Hall–Kier alpha value is -3.52. The Morgan fingerprint density at radius 3 is 2.50 bits per heavy atom. The van der Waals surface area contributed by atoms with Gasteiger partial charge < -0.3 is 19.9 Å². The number of halogens is 3. The van der Waals surface area contributed by atoms with Gasteiger partial charge in [0.25, 0.3) is 0 Å². The standard InChI is InChI=1S/C28H28F3NO4/c1-27(23-12-20(30)5-9-25(23)35-3,15-28(2,34)13-17-10-19(29)4-8-24(17)31)16-32-21-6-7-22-18(11-21)14-36-26(22)33/h4-12,32,34H,13-16H2,1-3H3. The predicted molar refractivity (Wildman–Crippen MR) is 130 cm³/mol. The minimum atomic E-state index is -1.49. The number of benzene rings is 3. The summed E-state index contributed by atoms with van der Waals surface area (Å²) in [7, 11) is 1.47. The third-order valence-corrected chi connectivity index (χ3v) is 6.53. The molecule has 0 aliphatic carbocycles. The van der Waals surface area contributed by atoms with E-state index in [1.165, 1.54) is 25.3 Å². The van der Waals surface area contributed by atoms with Crippen LogP contribution in [0, 0.1) is 17.5 Å². The third-order valence-electron chi connectivity index (χ3n) is 6.53. The zero-order chi connectivity index (χ0) is 26.1. The summed E-state index contributed by atoms with van der Waals surface area (Å²) in [5, 5.41) is 14.7. The average molecular weight is 500 g/mol. The lowest BCUT2D eigenvalue weighted by Crippen LogP contribution is -2.42. The zero-order valence-corrected chi connectivity index (χ0v) is 20.3. The van der Waals surface area contributed by atoms with E-state index in [4.69, 9.17) is 9.47 Å². The van der Waals surface area contributed by atoms with Crippen molar-refractivity contribution >= 4 is 11.7 Å². The van der Waals surface area contributed by atoms with Crippen LogP contribution in [-0.4, -0.2) is 30.3 Å². The van der Waals surface area contributed by atoms with E-state index in [1.54, 1.807) is 19.1 Å². The molecule has 1 heterocycles. The van der Waals surface area contributed by atoms with Gasteiger partial charge in [-0.05, 0) is 73.5 Å². The van der Waals surface area contributed by atoms with Crippen LogP contribution < -0.4 is 10.1 Å². The van der Waals surface area contributed by atoms with Crippen LogP contribution >= 0.6 is 0 Å². The third kappa shape index (κ3) is 5.49. The number of hydrogen-bond donors (Lipinski definition) is 2. The first kappa shape index (κ1) is 25.6. The molecular weight excluding hydrogens is 471 g/mol. The minimum absolute atomic E-state index is 0.0461. The number of anilines is 1. The van der Waals surface area contributed by atoms with Crippen molar-refractivity contribution in [1.29, 1.82) is 0 Å². The largest absolute Gasteiger partial charge is 0.496 e. The Balaban J connectivity index is 1.66. The molecular formula is C28H28F3NO4. The van der Waals surface area contributed by atoms with Crippen molar-refractivity contribution in [2.45, 2.75) is 44.3 Å². The van der Waals surface area contributed by atoms with Crippen LogP contribution in [0.1, 0.15) is 47.3 Å². The van der Waals surface area contributed by atoms with E-state index in [-0.39, 0.29) is 37.5 Å². The van der Waals surface area contributed by atoms with E-state index in [9.17, 15) is 23.1 Å². The summed E-state index contributed by atoms with van der Waals surface area (Å²) in [6, 6.07) is 12.5. The maximum Gasteiger partial charge on any atom is 0.338 e. The van der Waals surface area contributed by atoms with Gasteiger partial charge in [0.15, 0.2) is 0 Å². The van der Waals surface area contributed by atoms with E-state index in [0.717, 1.165) is 23.8 Å². The smallest absolute Gasteiger partial charge is 0.338 e. The maximum absolute atomic E-state index is 14.4. The lowest BCUT2D eigenvalue weighted by atomic mass is 9.72. The van der Waals surface area contributed by atoms with Crippen LogP contribution in [0.4, 0.5) is 18.9 Å². The van der Waals surface area contributed by atoms with E-state index in [2.05, 4.69) is 5.32 Å². The SMILES string of the molecule is COc1ccc(F)cc1C(C)(CNc1ccc2c(c1)COC2=O)CC(C)(O)Cc1cc(F)ccc1F. The molecule has 0 saturated heterocycles. The Morgan fingerprint density at radius 1 is 1.03 bits per heavy atom. The van der Waals surface area contributed by atoms with Gasteiger partial charge in [-0.25, -0.2) is 18.0 Å². The number of aliphatic hydroxyl groups is 1. The molecule has 36 heavy (non-hydrogen) atoms. The summed E-state index contributed by atoms with van der Waals surface area (Å²) in [6.45, 7) is 3.81. The summed E-state index contributed by atoms with van der Waals surface area (Å²) < 4.78 is 53.0. The van der Waals surface area contributed by atoms with Gasteiger partial charge in [-0.2, -0.15) is 0 Å². The first-order valence-electron chi connectivity index (χ1n) is 11.5. The van der Waals surface area contributed by atoms with Crippen LogP contribution in [0.3, 0.4) is 0 Å². The lowest BCUT2D eigenvalue weighted by Gasteiger charge is -2.38. The number of cyclic esters (lactones) is 1. The van der Waals surface area contributed by atoms with Gasteiger partial charge in [0.1, 0.15) is 29.8 Å². The number of hydrogen-bond acceptors (Lipinski definition) is 5. The van der Waals surface area contributed by atoms with Crippen molar-refractivity contribution in [2.24, 2.45) is 0 Å². The monoisotopic (exact) mass is 499 g/mol. The number of carbonyl (C=O) groups excluding carboxylic acids is 1.